The monoisotopic (exact) mass is 366 g/mol. The third-order valence-electron chi connectivity index (χ3n) is 6.07. The molecular formula is C20H34O4Si. The Kier molecular flexibility index (Phi) is 4.86. The van der Waals surface area contributed by atoms with Gasteiger partial charge < -0.3 is 19.4 Å². The average Bonchev–Trinajstić information content (AvgIpc) is 2.45. The van der Waals surface area contributed by atoms with Crippen LogP contribution in [0.5, 0.6) is 11.5 Å². The van der Waals surface area contributed by atoms with E-state index < -0.39 is 26.1 Å². The van der Waals surface area contributed by atoms with Gasteiger partial charge in [-0.1, -0.05) is 20.8 Å². The zero-order valence-corrected chi connectivity index (χ0v) is 18.4. The number of ether oxygens (including phenoxy) is 1. The fraction of sp³-hybridized carbons (Fsp3) is 0.700. The lowest BCUT2D eigenvalue weighted by atomic mass is 9.84. The first-order valence-electron chi connectivity index (χ1n) is 8.99. The predicted molar refractivity (Wildman–Crippen MR) is 104 cm³/mol. The topological polar surface area (TPSA) is 58.9 Å². The van der Waals surface area contributed by atoms with Crippen molar-refractivity contribution >= 4 is 8.32 Å². The average molecular weight is 367 g/mol. The van der Waals surface area contributed by atoms with Crippen LogP contribution in [0.25, 0.3) is 0 Å². The lowest BCUT2D eigenvalue weighted by molar-refractivity contribution is -0.112. The van der Waals surface area contributed by atoms with Gasteiger partial charge in [-0.3, -0.25) is 0 Å². The van der Waals surface area contributed by atoms with Crippen LogP contribution in [0.4, 0.5) is 0 Å². The molecule has 0 aromatic heterocycles. The molecule has 0 aliphatic carbocycles. The van der Waals surface area contributed by atoms with Gasteiger partial charge in [-0.25, -0.2) is 0 Å². The Morgan fingerprint density at radius 3 is 2.00 bits per heavy atom. The highest BCUT2D eigenvalue weighted by molar-refractivity contribution is 6.74. The van der Waals surface area contributed by atoms with Gasteiger partial charge in [0.25, 0.3) is 8.32 Å². The van der Waals surface area contributed by atoms with Gasteiger partial charge in [0.2, 0.25) is 0 Å². The Morgan fingerprint density at radius 2 is 1.52 bits per heavy atom. The van der Waals surface area contributed by atoms with Crippen LogP contribution in [-0.4, -0.2) is 30.2 Å². The number of aliphatic hydroxyl groups excluding tert-OH is 2. The van der Waals surface area contributed by atoms with E-state index in [1.807, 2.05) is 20.8 Å². The summed E-state index contributed by atoms with van der Waals surface area (Å²) < 4.78 is 12.7. The molecule has 0 spiro atoms. The molecule has 0 saturated carbocycles. The van der Waals surface area contributed by atoms with Crippen molar-refractivity contribution in [2.24, 2.45) is 0 Å². The number of aliphatic hydroxyl groups is 2. The van der Waals surface area contributed by atoms with Gasteiger partial charge in [0.05, 0.1) is 0 Å². The van der Waals surface area contributed by atoms with Gasteiger partial charge in [0.1, 0.15) is 29.3 Å². The summed E-state index contributed by atoms with van der Waals surface area (Å²) in [5, 5.41) is 21.3. The second kappa shape index (κ2) is 6.00. The number of hydrogen-bond donors (Lipinski definition) is 2. The molecule has 5 heteroatoms. The summed E-state index contributed by atoms with van der Waals surface area (Å²) in [6.07, 6.45) is -1.97. The Bertz CT molecular complexity index is 686. The summed E-state index contributed by atoms with van der Waals surface area (Å²) in [6, 6.07) is 0. The molecule has 1 aromatic carbocycles. The fourth-order valence-electron chi connectivity index (χ4n) is 3.03. The zero-order valence-electron chi connectivity index (χ0n) is 17.4. The van der Waals surface area contributed by atoms with Gasteiger partial charge >= 0.3 is 0 Å². The van der Waals surface area contributed by atoms with Crippen molar-refractivity contribution < 1.29 is 19.4 Å². The Balaban J connectivity index is 2.67. The van der Waals surface area contributed by atoms with E-state index in [1.54, 1.807) is 13.8 Å². The van der Waals surface area contributed by atoms with E-state index in [1.165, 1.54) is 0 Å². The van der Waals surface area contributed by atoms with E-state index in [2.05, 4.69) is 33.9 Å². The molecule has 2 unspecified atom stereocenters. The highest BCUT2D eigenvalue weighted by Gasteiger charge is 2.45. The highest BCUT2D eigenvalue weighted by atomic mass is 28.4. The lowest BCUT2D eigenvalue weighted by Crippen LogP contribution is -2.49. The molecule has 1 aliphatic heterocycles. The van der Waals surface area contributed by atoms with Crippen LogP contribution in [0.1, 0.15) is 63.0 Å². The van der Waals surface area contributed by atoms with Crippen molar-refractivity contribution in [2.45, 2.75) is 91.3 Å². The smallest absolute Gasteiger partial charge is 0.250 e. The maximum Gasteiger partial charge on any atom is 0.250 e. The first-order chi connectivity index (χ1) is 11.1. The number of hydrogen-bond acceptors (Lipinski definition) is 4. The Hall–Kier alpha value is -1.04. The summed E-state index contributed by atoms with van der Waals surface area (Å²) in [5.74, 6) is 1.51. The summed E-state index contributed by atoms with van der Waals surface area (Å²) in [4.78, 5) is 0. The third-order valence-corrected chi connectivity index (χ3v) is 10.4. The van der Waals surface area contributed by atoms with E-state index in [0.717, 1.165) is 22.4 Å². The number of rotatable bonds is 2. The van der Waals surface area contributed by atoms with Crippen molar-refractivity contribution in [3.63, 3.8) is 0 Å². The largest absolute Gasteiger partial charge is 0.543 e. The standard InChI is InChI=1S/C20H34O4Si/c1-11-12(2)17-14(15(21)18(22)20(7,8)23-17)13(3)16(11)24-25(9,10)19(4,5)6/h15,18,21-22H,1-10H3. The predicted octanol–water partition coefficient (Wildman–Crippen LogP) is 4.56. The van der Waals surface area contributed by atoms with Crippen molar-refractivity contribution in [1.29, 1.82) is 0 Å². The van der Waals surface area contributed by atoms with Crippen molar-refractivity contribution in [3.8, 4) is 11.5 Å². The summed E-state index contributed by atoms with van der Waals surface area (Å²) in [5.41, 5.74) is 2.69. The van der Waals surface area contributed by atoms with Gasteiger partial charge in [0.15, 0.2) is 0 Å². The first kappa shape index (κ1) is 20.3. The SMILES string of the molecule is Cc1c(C)c2c(c(C)c1O[Si](C)(C)C(C)(C)C)C(O)C(O)C(C)(C)O2. The second-order valence-electron chi connectivity index (χ2n) is 9.40. The van der Waals surface area contributed by atoms with Crippen molar-refractivity contribution in [3.05, 3.63) is 22.3 Å². The quantitative estimate of drug-likeness (QED) is 0.753. The van der Waals surface area contributed by atoms with Crippen LogP contribution in [0.3, 0.4) is 0 Å². The summed E-state index contributed by atoms with van der Waals surface area (Å²) in [6.45, 7) is 20.6. The second-order valence-corrected chi connectivity index (χ2v) is 14.1. The molecule has 25 heavy (non-hydrogen) atoms. The molecule has 2 atom stereocenters. The molecule has 1 aliphatic rings. The molecule has 2 rings (SSSR count). The molecule has 1 aromatic rings. The van der Waals surface area contributed by atoms with Crippen molar-refractivity contribution in [1.82, 2.24) is 0 Å². The Morgan fingerprint density at radius 1 is 1.00 bits per heavy atom. The third kappa shape index (κ3) is 3.22. The molecular weight excluding hydrogens is 332 g/mol. The van der Waals surface area contributed by atoms with Gasteiger partial charge in [-0.2, -0.15) is 0 Å². The van der Waals surface area contributed by atoms with E-state index >= 15 is 0 Å². The minimum absolute atomic E-state index is 0.0757. The first-order valence-corrected chi connectivity index (χ1v) is 11.9. The van der Waals surface area contributed by atoms with Crippen molar-refractivity contribution in [2.75, 3.05) is 0 Å². The molecule has 4 nitrogen and oxygen atoms in total. The minimum Gasteiger partial charge on any atom is -0.543 e. The molecule has 0 radical (unpaired) electrons. The highest BCUT2D eigenvalue weighted by Crippen LogP contribution is 2.49. The molecule has 0 amide bonds. The molecule has 2 N–H and O–H groups in total. The van der Waals surface area contributed by atoms with E-state index in [-0.39, 0.29) is 5.04 Å². The van der Waals surface area contributed by atoms with Crippen LogP contribution < -0.4 is 9.16 Å². The van der Waals surface area contributed by atoms with Crippen LogP contribution in [0, 0.1) is 20.8 Å². The van der Waals surface area contributed by atoms with Gasteiger partial charge in [0, 0.05) is 5.56 Å². The van der Waals surface area contributed by atoms with Crippen LogP contribution in [-0.2, 0) is 0 Å². The lowest BCUT2D eigenvalue weighted by Gasteiger charge is -2.43. The summed E-state index contributed by atoms with van der Waals surface area (Å²) >= 11 is 0. The number of fused-ring (bicyclic) bond motifs is 1. The van der Waals surface area contributed by atoms with Crippen LogP contribution in [0.15, 0.2) is 0 Å². The number of benzene rings is 1. The van der Waals surface area contributed by atoms with E-state index in [9.17, 15) is 10.2 Å². The van der Waals surface area contributed by atoms with Gasteiger partial charge in [-0.15, -0.1) is 0 Å². The van der Waals surface area contributed by atoms with Crippen LogP contribution >= 0.6 is 0 Å². The fourth-order valence-corrected chi connectivity index (χ4v) is 4.15. The minimum atomic E-state index is -2.03. The van der Waals surface area contributed by atoms with Crippen LogP contribution in [0.2, 0.25) is 18.1 Å². The molecule has 142 valence electrons. The van der Waals surface area contributed by atoms with E-state index in [0.29, 0.717) is 11.3 Å². The maximum absolute atomic E-state index is 10.8. The maximum atomic E-state index is 10.8. The zero-order chi connectivity index (χ0) is 19.5. The molecule has 0 saturated heterocycles. The summed E-state index contributed by atoms with van der Waals surface area (Å²) in [7, 11) is -2.03. The molecule has 0 bridgehead atoms. The van der Waals surface area contributed by atoms with E-state index in [4.69, 9.17) is 9.16 Å². The normalized spacial score (nSPS) is 23.0. The Labute approximate surface area is 153 Å². The molecule has 0 fully saturated rings. The van der Waals surface area contributed by atoms with Gasteiger partial charge in [-0.05, 0) is 69.4 Å². The molecule has 1 heterocycles.